The molecule has 0 fully saturated rings. The number of nitrogens with zero attached hydrogens (tertiary/aromatic N) is 5. The average Bonchev–Trinajstić information content (AvgIpc) is 3.27. The third-order valence-electron chi connectivity index (χ3n) is 4.75. The first-order valence-electron chi connectivity index (χ1n) is 9.41. The van der Waals surface area contributed by atoms with Gasteiger partial charge in [-0.3, -0.25) is 18.7 Å². The molecule has 0 saturated heterocycles. The fourth-order valence-corrected chi connectivity index (χ4v) is 4.26. The lowest BCUT2D eigenvalue weighted by Crippen LogP contribution is -2.31. The topological polar surface area (TPSA) is 90.0 Å². The van der Waals surface area contributed by atoms with Gasteiger partial charge in [0.25, 0.3) is 5.56 Å². The van der Waals surface area contributed by atoms with Crippen LogP contribution in [-0.4, -0.2) is 28.5 Å². The Hall–Kier alpha value is -2.81. The minimum atomic E-state index is -0.398. The van der Waals surface area contributed by atoms with Crippen molar-refractivity contribution in [1.82, 2.24) is 28.5 Å². The van der Waals surface area contributed by atoms with Crippen LogP contribution in [0.3, 0.4) is 0 Å². The second kappa shape index (κ2) is 7.67. The van der Waals surface area contributed by atoms with Gasteiger partial charge in [0.2, 0.25) is 0 Å². The van der Waals surface area contributed by atoms with E-state index in [-0.39, 0.29) is 5.56 Å². The maximum Gasteiger partial charge on any atom is 0.330 e. The second-order valence-electron chi connectivity index (χ2n) is 6.53. The highest BCUT2D eigenvalue weighted by atomic mass is 32.2. The molecule has 0 radical (unpaired) electrons. The van der Waals surface area contributed by atoms with Crippen LogP contribution in [-0.2, 0) is 18.8 Å². The Morgan fingerprint density at radius 1 is 1.18 bits per heavy atom. The molecule has 4 rings (SSSR count). The minimum absolute atomic E-state index is 0.385. The Morgan fingerprint density at radius 3 is 2.82 bits per heavy atom. The quantitative estimate of drug-likeness (QED) is 0.483. The SMILES string of the molecule is CCCCn1c(=O)[nH]c(=O)c2c1nc(CSc1ncc3ccccn13)n2CC. The van der Waals surface area contributed by atoms with E-state index in [0.29, 0.717) is 30.0 Å². The van der Waals surface area contributed by atoms with Crippen LogP contribution >= 0.6 is 11.8 Å². The molecule has 146 valence electrons. The molecule has 4 aromatic heterocycles. The molecule has 0 unspecified atom stereocenters. The highest BCUT2D eigenvalue weighted by molar-refractivity contribution is 7.98. The Morgan fingerprint density at radius 2 is 2.04 bits per heavy atom. The molecule has 0 saturated carbocycles. The molecule has 0 aliphatic rings. The van der Waals surface area contributed by atoms with Crippen LogP contribution in [0.2, 0.25) is 0 Å². The lowest BCUT2D eigenvalue weighted by Gasteiger charge is -2.06. The summed E-state index contributed by atoms with van der Waals surface area (Å²) in [6.07, 6.45) is 5.61. The number of hydrogen-bond donors (Lipinski definition) is 1. The summed E-state index contributed by atoms with van der Waals surface area (Å²) in [5.74, 6) is 1.31. The van der Waals surface area contributed by atoms with Crippen molar-refractivity contribution in [2.75, 3.05) is 0 Å². The van der Waals surface area contributed by atoms with Crippen LogP contribution in [0, 0.1) is 0 Å². The van der Waals surface area contributed by atoms with Crippen LogP contribution in [0.15, 0.2) is 45.3 Å². The highest BCUT2D eigenvalue weighted by Gasteiger charge is 2.18. The van der Waals surface area contributed by atoms with Gasteiger partial charge in [-0.05, 0) is 25.5 Å². The van der Waals surface area contributed by atoms with Gasteiger partial charge >= 0.3 is 5.69 Å². The van der Waals surface area contributed by atoms with Gasteiger partial charge in [0.05, 0.1) is 17.5 Å². The zero-order valence-electron chi connectivity index (χ0n) is 15.9. The van der Waals surface area contributed by atoms with Crippen LogP contribution < -0.4 is 11.2 Å². The van der Waals surface area contributed by atoms with Crippen LogP contribution in [0.5, 0.6) is 0 Å². The first kappa shape index (κ1) is 18.5. The largest absolute Gasteiger partial charge is 0.330 e. The van der Waals surface area contributed by atoms with E-state index in [2.05, 4.69) is 21.9 Å². The Labute approximate surface area is 165 Å². The summed E-state index contributed by atoms with van der Waals surface area (Å²) in [7, 11) is 0. The number of aromatic nitrogens is 6. The van der Waals surface area contributed by atoms with Gasteiger partial charge in [-0.15, -0.1) is 0 Å². The number of rotatable bonds is 7. The number of unbranched alkanes of at least 4 members (excludes halogenated alkanes) is 1. The van der Waals surface area contributed by atoms with Crippen LogP contribution in [0.4, 0.5) is 0 Å². The van der Waals surface area contributed by atoms with E-state index in [1.807, 2.05) is 46.5 Å². The molecule has 1 N–H and O–H groups in total. The van der Waals surface area contributed by atoms with Crippen molar-refractivity contribution in [2.45, 2.75) is 50.7 Å². The second-order valence-corrected chi connectivity index (χ2v) is 7.48. The lowest BCUT2D eigenvalue weighted by molar-refractivity contribution is 0.613. The van der Waals surface area contributed by atoms with Gasteiger partial charge in [-0.1, -0.05) is 31.2 Å². The predicted octanol–water partition coefficient (Wildman–Crippen LogP) is 2.65. The first-order valence-corrected chi connectivity index (χ1v) is 10.4. The molecule has 0 aromatic carbocycles. The monoisotopic (exact) mass is 398 g/mol. The Kier molecular flexibility index (Phi) is 5.08. The first-order chi connectivity index (χ1) is 13.6. The summed E-state index contributed by atoms with van der Waals surface area (Å²) in [6, 6.07) is 5.94. The molecule has 4 heterocycles. The van der Waals surface area contributed by atoms with E-state index in [9.17, 15) is 9.59 Å². The predicted molar refractivity (Wildman–Crippen MR) is 110 cm³/mol. The van der Waals surface area contributed by atoms with E-state index >= 15 is 0 Å². The normalized spacial score (nSPS) is 11.6. The molecule has 9 heteroatoms. The molecule has 0 amide bonds. The molecular formula is C19H22N6O2S. The Bertz CT molecular complexity index is 1250. The van der Waals surface area contributed by atoms with Crippen molar-refractivity contribution >= 4 is 28.4 Å². The van der Waals surface area contributed by atoms with E-state index < -0.39 is 5.69 Å². The number of fused-ring (bicyclic) bond motifs is 2. The van der Waals surface area contributed by atoms with Gasteiger partial charge < -0.3 is 4.57 Å². The molecule has 0 bridgehead atoms. The Balaban J connectivity index is 1.75. The van der Waals surface area contributed by atoms with Crippen LogP contribution in [0.1, 0.15) is 32.5 Å². The third-order valence-corrected chi connectivity index (χ3v) is 5.71. The molecule has 0 spiro atoms. The standard InChI is InChI=1S/C19H22N6O2S/c1-3-5-9-25-16-15(17(26)22-18(25)27)23(4-2)14(21-16)12-28-19-20-11-13-8-6-7-10-24(13)19/h6-8,10-11H,3-5,9,12H2,1-2H3,(H,22,26,27). The third kappa shape index (κ3) is 3.15. The summed E-state index contributed by atoms with van der Waals surface area (Å²) in [4.78, 5) is 36.4. The highest BCUT2D eigenvalue weighted by Crippen LogP contribution is 2.24. The van der Waals surface area contributed by atoms with Gasteiger partial charge in [0.15, 0.2) is 16.3 Å². The van der Waals surface area contributed by atoms with Gasteiger partial charge in [-0.2, -0.15) is 0 Å². The molecule has 0 atom stereocenters. The average molecular weight is 398 g/mol. The number of hydrogen-bond acceptors (Lipinski definition) is 5. The summed E-state index contributed by atoms with van der Waals surface area (Å²) in [6.45, 7) is 5.18. The van der Waals surface area contributed by atoms with Crippen molar-refractivity contribution in [3.05, 3.63) is 57.3 Å². The zero-order chi connectivity index (χ0) is 19.7. The van der Waals surface area contributed by atoms with Gasteiger partial charge in [-0.25, -0.2) is 14.8 Å². The summed E-state index contributed by atoms with van der Waals surface area (Å²) >= 11 is 1.56. The number of imidazole rings is 2. The number of nitrogens with one attached hydrogen (secondary N) is 1. The van der Waals surface area contributed by atoms with Crippen molar-refractivity contribution < 1.29 is 0 Å². The van der Waals surface area contributed by atoms with Gasteiger partial charge in [0, 0.05) is 19.3 Å². The van der Waals surface area contributed by atoms with Crippen molar-refractivity contribution in [3.8, 4) is 0 Å². The summed E-state index contributed by atoms with van der Waals surface area (Å²) in [5, 5.41) is 0.864. The van der Waals surface area contributed by atoms with E-state index in [1.54, 1.807) is 16.3 Å². The minimum Gasteiger partial charge on any atom is -0.322 e. The summed E-state index contributed by atoms with van der Waals surface area (Å²) in [5.41, 5.74) is 1.17. The fourth-order valence-electron chi connectivity index (χ4n) is 3.35. The van der Waals surface area contributed by atoms with Gasteiger partial charge in [0.1, 0.15) is 5.82 Å². The van der Waals surface area contributed by atoms with Crippen molar-refractivity contribution in [2.24, 2.45) is 0 Å². The smallest absolute Gasteiger partial charge is 0.322 e. The number of H-pyrrole nitrogens is 1. The number of aromatic amines is 1. The molecule has 8 nitrogen and oxygen atoms in total. The van der Waals surface area contributed by atoms with E-state index in [1.165, 1.54) is 0 Å². The maximum absolute atomic E-state index is 12.5. The van der Waals surface area contributed by atoms with E-state index in [4.69, 9.17) is 0 Å². The fraction of sp³-hybridized carbons (Fsp3) is 0.368. The summed E-state index contributed by atoms with van der Waals surface area (Å²) < 4.78 is 5.48. The van der Waals surface area contributed by atoms with Crippen molar-refractivity contribution in [1.29, 1.82) is 0 Å². The molecule has 28 heavy (non-hydrogen) atoms. The van der Waals surface area contributed by atoms with Crippen molar-refractivity contribution in [3.63, 3.8) is 0 Å². The molecular weight excluding hydrogens is 376 g/mol. The number of thioether (sulfide) groups is 1. The molecule has 0 aliphatic heterocycles. The zero-order valence-corrected chi connectivity index (χ0v) is 16.7. The molecule has 0 aliphatic carbocycles. The number of aryl methyl sites for hydroxylation is 2. The van der Waals surface area contributed by atoms with E-state index in [0.717, 1.165) is 29.3 Å². The lowest BCUT2D eigenvalue weighted by atomic mass is 10.3. The molecule has 4 aromatic rings. The number of pyridine rings is 1. The van der Waals surface area contributed by atoms with Crippen LogP contribution in [0.25, 0.3) is 16.7 Å². The maximum atomic E-state index is 12.5.